The zero-order chi connectivity index (χ0) is 14.9. The highest BCUT2D eigenvalue weighted by Gasteiger charge is 2.25. The van der Waals surface area contributed by atoms with Crippen LogP contribution in [0.25, 0.3) is 16.9 Å². The minimum absolute atomic E-state index is 0.105. The number of hydrogen-bond acceptors (Lipinski definition) is 3. The summed E-state index contributed by atoms with van der Waals surface area (Å²) in [6.45, 7) is 0. The SMILES string of the molecule is O=C(Nc1ccc(-n2cnc3ccccc32)nc1)C1CCC1. The maximum Gasteiger partial charge on any atom is 0.227 e. The molecule has 1 N–H and O–H groups in total. The van der Waals surface area contributed by atoms with Crippen LogP contribution in [0.1, 0.15) is 19.3 Å². The van der Waals surface area contributed by atoms with Crippen LogP contribution in [-0.2, 0) is 4.79 Å². The molecular weight excluding hydrogens is 276 g/mol. The molecule has 22 heavy (non-hydrogen) atoms. The Bertz CT molecular complexity index is 818. The molecule has 0 radical (unpaired) electrons. The predicted molar refractivity (Wildman–Crippen MR) is 84.8 cm³/mol. The lowest BCUT2D eigenvalue weighted by molar-refractivity contribution is -0.122. The number of rotatable bonds is 3. The van der Waals surface area contributed by atoms with Gasteiger partial charge in [0.25, 0.3) is 0 Å². The summed E-state index contributed by atoms with van der Waals surface area (Å²) < 4.78 is 1.94. The van der Waals surface area contributed by atoms with Crippen LogP contribution < -0.4 is 5.32 Å². The Labute approximate surface area is 128 Å². The van der Waals surface area contributed by atoms with Crippen molar-refractivity contribution >= 4 is 22.6 Å². The van der Waals surface area contributed by atoms with Crippen molar-refractivity contribution in [3.8, 4) is 5.82 Å². The molecule has 1 fully saturated rings. The van der Waals surface area contributed by atoms with Gasteiger partial charge in [0, 0.05) is 5.92 Å². The van der Waals surface area contributed by atoms with Gasteiger partial charge in [-0.1, -0.05) is 18.6 Å². The van der Waals surface area contributed by atoms with Gasteiger partial charge in [-0.2, -0.15) is 0 Å². The Balaban J connectivity index is 1.57. The summed E-state index contributed by atoms with van der Waals surface area (Å²) in [6.07, 6.45) is 6.61. The number of amides is 1. The summed E-state index contributed by atoms with van der Waals surface area (Å²) in [6, 6.07) is 11.7. The van der Waals surface area contributed by atoms with Gasteiger partial charge in [-0.15, -0.1) is 0 Å². The highest BCUT2D eigenvalue weighted by molar-refractivity contribution is 5.92. The Kier molecular flexibility index (Phi) is 3.11. The minimum atomic E-state index is 0.105. The molecule has 0 atom stereocenters. The number of aromatic nitrogens is 3. The van der Waals surface area contributed by atoms with Gasteiger partial charge in [-0.25, -0.2) is 9.97 Å². The third-order valence-electron chi connectivity index (χ3n) is 4.19. The van der Waals surface area contributed by atoms with E-state index in [2.05, 4.69) is 15.3 Å². The summed E-state index contributed by atoms with van der Waals surface area (Å²) in [4.78, 5) is 20.7. The van der Waals surface area contributed by atoms with E-state index in [1.165, 1.54) is 0 Å². The summed E-state index contributed by atoms with van der Waals surface area (Å²) in [5, 5.41) is 2.93. The van der Waals surface area contributed by atoms with Crippen molar-refractivity contribution in [2.45, 2.75) is 19.3 Å². The number of nitrogens with one attached hydrogen (secondary N) is 1. The van der Waals surface area contributed by atoms with Crippen LogP contribution in [0.4, 0.5) is 5.69 Å². The van der Waals surface area contributed by atoms with E-state index >= 15 is 0 Å². The first-order chi connectivity index (χ1) is 10.8. The van der Waals surface area contributed by atoms with Gasteiger partial charge in [-0.3, -0.25) is 9.36 Å². The summed E-state index contributed by atoms with van der Waals surface area (Å²) >= 11 is 0. The topological polar surface area (TPSA) is 59.8 Å². The molecule has 0 aliphatic heterocycles. The van der Waals surface area contributed by atoms with Crippen molar-refractivity contribution in [3.05, 3.63) is 48.9 Å². The predicted octanol–water partition coefficient (Wildman–Crippen LogP) is 3.16. The van der Waals surface area contributed by atoms with E-state index in [0.717, 1.165) is 41.8 Å². The number of benzene rings is 1. The average molecular weight is 292 g/mol. The first kappa shape index (κ1) is 13.0. The van der Waals surface area contributed by atoms with Crippen LogP contribution >= 0.6 is 0 Å². The van der Waals surface area contributed by atoms with E-state index in [-0.39, 0.29) is 11.8 Å². The fourth-order valence-corrected chi connectivity index (χ4v) is 2.66. The monoisotopic (exact) mass is 292 g/mol. The Morgan fingerprint density at radius 1 is 1.14 bits per heavy atom. The lowest BCUT2D eigenvalue weighted by atomic mass is 9.85. The second-order valence-electron chi connectivity index (χ2n) is 5.63. The number of nitrogens with zero attached hydrogens (tertiary/aromatic N) is 3. The fraction of sp³-hybridized carbons (Fsp3) is 0.235. The van der Waals surface area contributed by atoms with E-state index in [4.69, 9.17) is 0 Å². The number of carbonyl (C=O) groups excluding carboxylic acids is 1. The van der Waals surface area contributed by atoms with Gasteiger partial charge < -0.3 is 5.32 Å². The third kappa shape index (κ3) is 2.24. The van der Waals surface area contributed by atoms with Gasteiger partial charge in [0.1, 0.15) is 12.1 Å². The molecule has 1 aromatic carbocycles. The van der Waals surface area contributed by atoms with Crippen LogP contribution in [0.3, 0.4) is 0 Å². The van der Waals surface area contributed by atoms with Gasteiger partial charge >= 0.3 is 0 Å². The van der Waals surface area contributed by atoms with Crippen LogP contribution in [0.2, 0.25) is 0 Å². The van der Waals surface area contributed by atoms with Gasteiger partial charge in [0.15, 0.2) is 0 Å². The summed E-state index contributed by atoms with van der Waals surface area (Å²) in [5.74, 6) is 1.07. The molecule has 0 unspecified atom stereocenters. The van der Waals surface area contributed by atoms with E-state index in [9.17, 15) is 4.79 Å². The first-order valence-electron chi connectivity index (χ1n) is 7.51. The molecular formula is C17H16N4O. The second-order valence-corrected chi connectivity index (χ2v) is 5.63. The van der Waals surface area contributed by atoms with Gasteiger partial charge in [-0.05, 0) is 37.1 Å². The Morgan fingerprint density at radius 3 is 2.73 bits per heavy atom. The molecule has 3 aromatic rings. The number of imidazole rings is 1. The molecule has 0 bridgehead atoms. The highest BCUT2D eigenvalue weighted by Crippen LogP contribution is 2.27. The van der Waals surface area contributed by atoms with Crippen LogP contribution in [0.5, 0.6) is 0 Å². The zero-order valence-corrected chi connectivity index (χ0v) is 12.1. The minimum Gasteiger partial charge on any atom is -0.324 e. The molecule has 110 valence electrons. The number of fused-ring (bicyclic) bond motifs is 1. The molecule has 0 saturated heterocycles. The van der Waals surface area contributed by atoms with E-state index in [0.29, 0.717) is 0 Å². The molecule has 1 saturated carbocycles. The molecule has 1 amide bonds. The smallest absolute Gasteiger partial charge is 0.227 e. The molecule has 5 heteroatoms. The van der Waals surface area contributed by atoms with Crippen molar-refractivity contribution in [2.75, 3.05) is 5.32 Å². The third-order valence-corrected chi connectivity index (χ3v) is 4.19. The molecule has 0 spiro atoms. The molecule has 2 heterocycles. The van der Waals surface area contributed by atoms with E-state index in [1.54, 1.807) is 12.5 Å². The van der Waals surface area contributed by atoms with Crippen LogP contribution in [-0.4, -0.2) is 20.4 Å². The number of anilines is 1. The molecule has 4 rings (SSSR count). The van der Waals surface area contributed by atoms with Gasteiger partial charge in [0.05, 0.1) is 22.9 Å². The Hall–Kier alpha value is -2.69. The highest BCUT2D eigenvalue weighted by atomic mass is 16.1. The molecule has 5 nitrogen and oxygen atoms in total. The first-order valence-corrected chi connectivity index (χ1v) is 7.51. The zero-order valence-electron chi connectivity index (χ0n) is 12.1. The van der Waals surface area contributed by atoms with Crippen molar-refractivity contribution in [1.82, 2.24) is 14.5 Å². The maximum absolute atomic E-state index is 11.9. The van der Waals surface area contributed by atoms with Crippen molar-refractivity contribution in [2.24, 2.45) is 5.92 Å². The normalized spacial score (nSPS) is 14.7. The fourth-order valence-electron chi connectivity index (χ4n) is 2.66. The average Bonchev–Trinajstić information content (AvgIpc) is 2.90. The number of pyridine rings is 1. The molecule has 1 aliphatic carbocycles. The molecule has 1 aliphatic rings. The number of para-hydroxylation sites is 2. The summed E-state index contributed by atoms with van der Waals surface area (Å²) in [7, 11) is 0. The van der Waals surface area contributed by atoms with Crippen molar-refractivity contribution in [3.63, 3.8) is 0 Å². The van der Waals surface area contributed by atoms with E-state index < -0.39 is 0 Å². The lowest BCUT2D eigenvalue weighted by Gasteiger charge is -2.23. The van der Waals surface area contributed by atoms with Crippen LogP contribution in [0.15, 0.2) is 48.9 Å². The molecule has 2 aromatic heterocycles. The largest absolute Gasteiger partial charge is 0.324 e. The Morgan fingerprint density at radius 2 is 2.00 bits per heavy atom. The van der Waals surface area contributed by atoms with Gasteiger partial charge in [0.2, 0.25) is 5.91 Å². The lowest BCUT2D eigenvalue weighted by Crippen LogP contribution is -2.28. The summed E-state index contributed by atoms with van der Waals surface area (Å²) in [5.41, 5.74) is 2.69. The number of carbonyl (C=O) groups is 1. The maximum atomic E-state index is 11.9. The second kappa shape index (κ2) is 5.26. The van der Waals surface area contributed by atoms with Crippen molar-refractivity contribution in [1.29, 1.82) is 0 Å². The number of hydrogen-bond donors (Lipinski definition) is 1. The quantitative estimate of drug-likeness (QED) is 0.806. The van der Waals surface area contributed by atoms with Crippen molar-refractivity contribution < 1.29 is 4.79 Å². The standard InChI is InChI=1S/C17H16N4O/c22-17(12-4-3-5-12)20-13-8-9-16(18-10-13)21-11-19-14-6-1-2-7-15(14)21/h1-2,6-12H,3-5H2,(H,20,22). The van der Waals surface area contributed by atoms with E-state index in [1.807, 2.05) is 41.0 Å². The van der Waals surface area contributed by atoms with Crippen LogP contribution in [0, 0.1) is 5.92 Å².